The van der Waals surface area contributed by atoms with E-state index < -0.39 is 6.04 Å². The maximum Gasteiger partial charge on any atom is 0.266 e. The zero-order valence-corrected chi connectivity index (χ0v) is 16.7. The zero-order valence-electron chi connectivity index (χ0n) is 15.2. The Kier molecular flexibility index (Phi) is 4.33. The van der Waals surface area contributed by atoms with Gasteiger partial charge in [0.1, 0.15) is 12.6 Å². The van der Waals surface area contributed by atoms with Crippen LogP contribution in [0.15, 0.2) is 47.6 Å². The second-order valence-corrected chi connectivity index (χ2v) is 7.94. The molecule has 29 heavy (non-hydrogen) atoms. The van der Waals surface area contributed by atoms with Crippen LogP contribution in [0.1, 0.15) is 16.8 Å². The number of amides is 2. The van der Waals surface area contributed by atoms with E-state index in [9.17, 15) is 9.59 Å². The van der Waals surface area contributed by atoms with Crippen LogP contribution in [0.5, 0.6) is 0 Å². The number of H-pyrrole nitrogens is 1. The van der Waals surface area contributed by atoms with Crippen LogP contribution in [0, 0.1) is 0 Å². The van der Waals surface area contributed by atoms with Gasteiger partial charge in [0.15, 0.2) is 0 Å². The Morgan fingerprint density at radius 2 is 1.90 bits per heavy atom. The number of benzene rings is 2. The van der Waals surface area contributed by atoms with Crippen molar-refractivity contribution in [3.63, 3.8) is 0 Å². The molecule has 2 aromatic carbocycles. The van der Waals surface area contributed by atoms with E-state index in [0.717, 1.165) is 22.2 Å². The van der Waals surface area contributed by atoms with Gasteiger partial charge in [-0.2, -0.15) is 5.10 Å². The first-order valence-electron chi connectivity index (χ1n) is 9.20. The van der Waals surface area contributed by atoms with Crippen molar-refractivity contribution >= 4 is 52.1 Å². The first kappa shape index (κ1) is 18.2. The molecule has 3 aromatic rings. The highest BCUT2D eigenvalue weighted by Crippen LogP contribution is 2.32. The number of hydrazone groups is 1. The molecule has 146 valence electrons. The lowest BCUT2D eigenvalue weighted by atomic mass is 9.94. The first-order chi connectivity index (χ1) is 14.0. The molecule has 1 atom stereocenters. The highest BCUT2D eigenvalue weighted by Gasteiger charge is 2.43. The zero-order chi connectivity index (χ0) is 20.1. The molecule has 2 aliphatic rings. The number of para-hydroxylation sites is 1. The van der Waals surface area contributed by atoms with Gasteiger partial charge in [-0.15, -0.1) is 0 Å². The SMILES string of the molecule is O=C1[C@@H]2Cc3c([nH]c4ccccc34)CN2C(=O)CN1/N=C\c1cccc(Cl)c1Cl. The number of aromatic nitrogens is 1. The molecule has 2 aliphatic heterocycles. The molecule has 3 heterocycles. The summed E-state index contributed by atoms with van der Waals surface area (Å²) in [5, 5.41) is 7.32. The average molecular weight is 427 g/mol. The second-order valence-electron chi connectivity index (χ2n) is 7.15. The molecule has 2 amide bonds. The summed E-state index contributed by atoms with van der Waals surface area (Å²) in [4.78, 5) is 30.8. The van der Waals surface area contributed by atoms with E-state index in [1.807, 2.05) is 24.3 Å². The summed E-state index contributed by atoms with van der Waals surface area (Å²) in [6.07, 6.45) is 1.93. The monoisotopic (exact) mass is 426 g/mol. The van der Waals surface area contributed by atoms with Crippen molar-refractivity contribution in [1.82, 2.24) is 14.9 Å². The van der Waals surface area contributed by atoms with E-state index in [1.54, 1.807) is 23.1 Å². The predicted molar refractivity (Wildman–Crippen MR) is 112 cm³/mol. The Labute approximate surface area is 176 Å². The number of rotatable bonds is 2. The van der Waals surface area contributed by atoms with E-state index in [-0.39, 0.29) is 18.4 Å². The molecule has 6 nitrogen and oxygen atoms in total. The van der Waals surface area contributed by atoms with Crippen molar-refractivity contribution in [3.05, 3.63) is 69.3 Å². The third-order valence-corrected chi connectivity index (χ3v) is 6.30. The number of hydrogen-bond donors (Lipinski definition) is 1. The summed E-state index contributed by atoms with van der Waals surface area (Å²) >= 11 is 12.2. The van der Waals surface area contributed by atoms with Crippen LogP contribution < -0.4 is 0 Å². The minimum atomic E-state index is -0.560. The van der Waals surface area contributed by atoms with Gasteiger partial charge in [-0.3, -0.25) is 9.59 Å². The highest BCUT2D eigenvalue weighted by atomic mass is 35.5. The topological polar surface area (TPSA) is 68.8 Å². The molecule has 0 spiro atoms. The molecular weight excluding hydrogens is 411 g/mol. The van der Waals surface area contributed by atoms with Crippen LogP contribution in [0.4, 0.5) is 0 Å². The van der Waals surface area contributed by atoms with Gasteiger partial charge in [0.05, 0.1) is 22.8 Å². The molecule has 1 fully saturated rings. The summed E-state index contributed by atoms with van der Waals surface area (Å²) in [5.41, 5.74) is 3.69. The number of piperazine rings is 1. The molecule has 8 heteroatoms. The molecule has 1 saturated heterocycles. The number of carbonyl (C=O) groups is 2. The maximum absolute atomic E-state index is 13.1. The third kappa shape index (κ3) is 2.99. The molecule has 1 aromatic heterocycles. The van der Waals surface area contributed by atoms with Crippen LogP contribution in [0.3, 0.4) is 0 Å². The predicted octanol–water partition coefficient (Wildman–Crippen LogP) is 3.60. The quantitative estimate of drug-likeness (QED) is 0.635. The first-order valence-corrected chi connectivity index (χ1v) is 9.96. The molecule has 0 radical (unpaired) electrons. The van der Waals surface area contributed by atoms with Crippen molar-refractivity contribution in [2.45, 2.75) is 19.0 Å². The van der Waals surface area contributed by atoms with Gasteiger partial charge >= 0.3 is 0 Å². The number of fused-ring (bicyclic) bond motifs is 4. The van der Waals surface area contributed by atoms with Crippen LogP contribution in [-0.2, 0) is 22.6 Å². The highest BCUT2D eigenvalue weighted by molar-refractivity contribution is 6.43. The number of carbonyl (C=O) groups excluding carboxylic acids is 2. The summed E-state index contributed by atoms with van der Waals surface area (Å²) in [6, 6.07) is 12.6. The van der Waals surface area contributed by atoms with Crippen LogP contribution >= 0.6 is 23.2 Å². The van der Waals surface area contributed by atoms with E-state index in [2.05, 4.69) is 10.1 Å². The van der Waals surface area contributed by atoms with E-state index in [4.69, 9.17) is 23.2 Å². The number of nitrogens with zero attached hydrogens (tertiary/aromatic N) is 3. The summed E-state index contributed by atoms with van der Waals surface area (Å²) in [6.45, 7) is 0.302. The fourth-order valence-corrected chi connectivity index (χ4v) is 4.37. The summed E-state index contributed by atoms with van der Waals surface area (Å²) in [5.74, 6) is -0.330. The van der Waals surface area contributed by atoms with E-state index in [0.29, 0.717) is 28.6 Å². The lowest BCUT2D eigenvalue weighted by Crippen LogP contribution is -2.60. The van der Waals surface area contributed by atoms with Gasteiger partial charge in [0.25, 0.3) is 5.91 Å². The van der Waals surface area contributed by atoms with Gasteiger partial charge in [-0.1, -0.05) is 53.5 Å². The number of halogens is 2. The number of aromatic amines is 1. The lowest BCUT2D eigenvalue weighted by Gasteiger charge is -2.40. The molecule has 1 N–H and O–H groups in total. The Morgan fingerprint density at radius 3 is 2.76 bits per heavy atom. The minimum Gasteiger partial charge on any atom is -0.357 e. The summed E-state index contributed by atoms with van der Waals surface area (Å²) in [7, 11) is 0. The number of hydrogen-bond acceptors (Lipinski definition) is 3. The fraction of sp³-hybridized carbons (Fsp3) is 0.190. The van der Waals surface area contributed by atoms with Crippen molar-refractivity contribution in [2.75, 3.05) is 6.54 Å². The van der Waals surface area contributed by atoms with Crippen molar-refractivity contribution in [1.29, 1.82) is 0 Å². The fourth-order valence-electron chi connectivity index (χ4n) is 4.01. The molecule has 0 saturated carbocycles. The molecule has 0 bridgehead atoms. The third-order valence-electron chi connectivity index (χ3n) is 5.47. The van der Waals surface area contributed by atoms with Crippen LogP contribution in [0.25, 0.3) is 10.9 Å². The molecule has 0 unspecified atom stereocenters. The van der Waals surface area contributed by atoms with Gasteiger partial charge in [0.2, 0.25) is 5.91 Å². The van der Waals surface area contributed by atoms with Crippen molar-refractivity contribution in [3.8, 4) is 0 Å². The van der Waals surface area contributed by atoms with E-state index in [1.165, 1.54) is 11.2 Å². The second kappa shape index (κ2) is 6.90. The Bertz CT molecular complexity index is 1190. The minimum absolute atomic E-state index is 0.0976. The molecule has 0 aliphatic carbocycles. The normalized spacial score (nSPS) is 19.2. The van der Waals surface area contributed by atoms with Crippen LogP contribution in [0.2, 0.25) is 10.0 Å². The van der Waals surface area contributed by atoms with Crippen LogP contribution in [-0.4, -0.2) is 45.5 Å². The van der Waals surface area contributed by atoms with Gasteiger partial charge in [0, 0.05) is 28.6 Å². The van der Waals surface area contributed by atoms with E-state index >= 15 is 0 Å². The lowest BCUT2D eigenvalue weighted by molar-refractivity contribution is -0.157. The maximum atomic E-state index is 13.1. The average Bonchev–Trinajstić information content (AvgIpc) is 3.09. The van der Waals surface area contributed by atoms with Gasteiger partial charge < -0.3 is 9.88 Å². The van der Waals surface area contributed by atoms with Gasteiger partial charge in [-0.25, -0.2) is 5.01 Å². The van der Waals surface area contributed by atoms with Crippen molar-refractivity contribution in [2.24, 2.45) is 5.10 Å². The smallest absolute Gasteiger partial charge is 0.266 e. The molecule has 5 rings (SSSR count). The Morgan fingerprint density at radius 1 is 1.07 bits per heavy atom. The van der Waals surface area contributed by atoms with Crippen molar-refractivity contribution < 1.29 is 9.59 Å². The number of nitrogens with one attached hydrogen (secondary N) is 1. The Hall–Kier alpha value is -2.83. The molecular formula is C21H16Cl2N4O2. The Balaban J connectivity index is 1.45. The largest absolute Gasteiger partial charge is 0.357 e. The standard InChI is InChI=1S/C21H16Cl2N4O2/c22-15-6-3-4-12(20(15)23)9-24-27-11-19(28)26-10-17-14(8-18(26)21(27)29)13-5-1-2-7-16(13)25-17/h1-7,9,18,25H,8,10-11H2/b24-9-/t18-/m0/s1. The summed E-state index contributed by atoms with van der Waals surface area (Å²) < 4.78 is 0. The van der Waals surface area contributed by atoms with Gasteiger partial charge in [-0.05, 0) is 17.7 Å².